The summed E-state index contributed by atoms with van der Waals surface area (Å²) >= 11 is 0. The summed E-state index contributed by atoms with van der Waals surface area (Å²) in [6, 6.07) is 114. The largest absolute Gasteiger partial charge is 0.309 e. The lowest BCUT2D eigenvalue weighted by molar-refractivity contribution is 1.16. The quantitative estimate of drug-likeness (QED) is 0.136. The summed E-state index contributed by atoms with van der Waals surface area (Å²) < 4.78 is 7.19. The Kier molecular flexibility index (Phi) is 12.5. The molecule has 0 unspecified atom stereocenters. The standard InChI is InChI=1S/C84H51N7/c85-52-54-17-15-23-60(45-54)62-37-43-81-73(47-62)74-48-63(61-24-16-18-55(46-61)53-86)38-44-82(74)91(81)83-71(56-33-39-65(40-34-56)89-77-29-11-7-25-67(77)68-26-8-12-30-78(68)89)49-64(76-51-75(58-19-3-1-4-20-58)87-84(88-76)59-21-5-2-6-22-59)50-72(83)57-35-41-66(42-36-57)90-79-31-13-9-27-69(79)70-28-10-14-32-80(70)90/h1-51H. The third kappa shape index (κ3) is 8.96. The molecule has 0 aliphatic carbocycles. The number of nitriles is 2. The first-order chi connectivity index (χ1) is 45.0. The zero-order chi connectivity index (χ0) is 60.5. The highest BCUT2D eigenvalue weighted by atomic mass is 15.0. The third-order valence-corrected chi connectivity index (χ3v) is 17.9. The molecule has 4 heterocycles. The van der Waals surface area contributed by atoms with Crippen LogP contribution in [0.5, 0.6) is 0 Å². The number of para-hydroxylation sites is 4. The minimum Gasteiger partial charge on any atom is -0.309 e. The fraction of sp³-hybridized carbons (Fsp3) is 0. The SMILES string of the molecule is N#Cc1cccc(-c2ccc3c(c2)c2cc(-c4cccc(C#N)c4)ccc2n3-c2c(-c3ccc(-n4c5ccccc5c5ccccc54)cc3)cc(-c3cc(-c4ccccc4)nc(-c4ccccc4)n3)cc2-c2ccc(-n3c4ccccc4c4ccccc43)cc2)c1. The molecule has 0 radical (unpaired) electrons. The molecule has 13 aromatic carbocycles. The lowest BCUT2D eigenvalue weighted by Crippen LogP contribution is -2.03. The highest BCUT2D eigenvalue weighted by molar-refractivity contribution is 6.14. The number of hydrogen-bond acceptors (Lipinski definition) is 4. The van der Waals surface area contributed by atoms with E-state index in [1.165, 1.54) is 21.5 Å². The van der Waals surface area contributed by atoms with Crippen LogP contribution in [0.4, 0.5) is 0 Å². The van der Waals surface area contributed by atoms with Crippen molar-refractivity contribution >= 4 is 65.4 Å². The van der Waals surface area contributed by atoms with Gasteiger partial charge in [-0.1, -0.05) is 194 Å². The number of nitrogens with zero attached hydrogens (tertiary/aromatic N) is 7. The second kappa shape index (κ2) is 21.6. The van der Waals surface area contributed by atoms with Crippen molar-refractivity contribution in [3.8, 4) is 108 Å². The van der Waals surface area contributed by atoms with Crippen LogP contribution in [-0.4, -0.2) is 23.7 Å². The van der Waals surface area contributed by atoms with E-state index in [9.17, 15) is 10.5 Å². The molecule has 0 fully saturated rings. The molecule has 0 N–H and O–H groups in total. The topological polar surface area (TPSA) is 88.2 Å². The van der Waals surface area contributed by atoms with E-state index < -0.39 is 0 Å². The van der Waals surface area contributed by atoms with Crippen LogP contribution in [0.15, 0.2) is 309 Å². The third-order valence-electron chi connectivity index (χ3n) is 17.9. The summed E-state index contributed by atoms with van der Waals surface area (Å²) in [4.78, 5) is 10.8. The van der Waals surface area contributed by atoms with Crippen molar-refractivity contribution in [1.82, 2.24) is 23.7 Å². The first kappa shape index (κ1) is 52.6. The summed E-state index contributed by atoms with van der Waals surface area (Å²) in [5.41, 5.74) is 23.1. The molecule has 4 aromatic heterocycles. The summed E-state index contributed by atoms with van der Waals surface area (Å²) in [6.45, 7) is 0. The first-order valence-electron chi connectivity index (χ1n) is 30.5. The number of aromatic nitrogens is 5. The van der Waals surface area contributed by atoms with Gasteiger partial charge in [-0.15, -0.1) is 0 Å². The molecule has 0 atom stereocenters. The van der Waals surface area contributed by atoms with E-state index in [4.69, 9.17) is 9.97 Å². The van der Waals surface area contributed by atoms with E-state index in [0.717, 1.165) is 134 Å². The normalized spacial score (nSPS) is 11.5. The van der Waals surface area contributed by atoms with Crippen molar-refractivity contribution in [3.63, 3.8) is 0 Å². The lowest BCUT2D eigenvalue weighted by Gasteiger charge is -2.22. The predicted octanol–water partition coefficient (Wildman–Crippen LogP) is 21.2. The van der Waals surface area contributed by atoms with Gasteiger partial charge in [-0.05, 0) is 149 Å². The fourth-order valence-corrected chi connectivity index (χ4v) is 13.7. The van der Waals surface area contributed by atoms with Crippen LogP contribution in [0, 0.1) is 22.7 Å². The van der Waals surface area contributed by atoms with Gasteiger partial charge in [-0.2, -0.15) is 10.5 Å². The molecule has 0 bridgehead atoms. The first-order valence-corrected chi connectivity index (χ1v) is 30.5. The van der Waals surface area contributed by atoms with E-state index in [1.54, 1.807) is 0 Å². The molecule has 0 aliphatic rings. The van der Waals surface area contributed by atoms with Crippen LogP contribution >= 0.6 is 0 Å². The average molecular weight is 1160 g/mol. The summed E-state index contributed by atoms with van der Waals surface area (Å²) in [6.07, 6.45) is 0. The minimum absolute atomic E-state index is 0.595. The lowest BCUT2D eigenvalue weighted by atomic mass is 9.91. The van der Waals surface area contributed by atoms with Gasteiger partial charge in [0.1, 0.15) is 0 Å². The molecule has 7 nitrogen and oxygen atoms in total. The zero-order valence-electron chi connectivity index (χ0n) is 49.1. The average Bonchev–Trinajstić information content (AvgIpc) is 1.64. The molecule has 17 aromatic rings. The van der Waals surface area contributed by atoms with Gasteiger partial charge in [-0.3, -0.25) is 0 Å². The highest BCUT2D eigenvalue weighted by Crippen LogP contribution is 2.47. The van der Waals surface area contributed by atoms with Crippen molar-refractivity contribution in [2.24, 2.45) is 0 Å². The van der Waals surface area contributed by atoms with Crippen LogP contribution in [0.1, 0.15) is 11.1 Å². The van der Waals surface area contributed by atoms with E-state index in [1.807, 2.05) is 60.7 Å². The number of fused-ring (bicyclic) bond motifs is 9. The molecule has 91 heavy (non-hydrogen) atoms. The predicted molar refractivity (Wildman–Crippen MR) is 373 cm³/mol. The fourth-order valence-electron chi connectivity index (χ4n) is 13.7. The van der Waals surface area contributed by atoms with Gasteiger partial charge in [0.25, 0.3) is 0 Å². The zero-order valence-corrected chi connectivity index (χ0v) is 49.1. The van der Waals surface area contributed by atoms with Gasteiger partial charge >= 0.3 is 0 Å². The molecule has 0 amide bonds. The number of rotatable bonds is 10. The Morgan fingerprint density at radius 1 is 0.242 bits per heavy atom. The second-order valence-corrected chi connectivity index (χ2v) is 23.1. The van der Waals surface area contributed by atoms with Gasteiger partial charge in [0.15, 0.2) is 5.82 Å². The number of hydrogen-bond donors (Lipinski definition) is 0. The summed E-state index contributed by atoms with van der Waals surface area (Å²) in [7, 11) is 0. The van der Waals surface area contributed by atoms with Crippen LogP contribution < -0.4 is 0 Å². The van der Waals surface area contributed by atoms with Gasteiger partial charge in [0.05, 0.1) is 73.4 Å². The van der Waals surface area contributed by atoms with Gasteiger partial charge in [-0.25, -0.2) is 9.97 Å². The molecule has 0 saturated heterocycles. The van der Waals surface area contributed by atoms with Crippen molar-refractivity contribution in [2.45, 2.75) is 0 Å². The molecule has 17 rings (SSSR count). The van der Waals surface area contributed by atoms with Crippen molar-refractivity contribution in [2.75, 3.05) is 0 Å². The maximum atomic E-state index is 10.1. The van der Waals surface area contributed by atoms with Gasteiger partial charge in [0, 0.05) is 71.5 Å². The van der Waals surface area contributed by atoms with Crippen molar-refractivity contribution in [3.05, 3.63) is 321 Å². The Balaban J connectivity index is 0.978. The van der Waals surface area contributed by atoms with E-state index >= 15 is 0 Å². The highest BCUT2D eigenvalue weighted by Gasteiger charge is 2.25. The maximum absolute atomic E-state index is 10.1. The van der Waals surface area contributed by atoms with Crippen LogP contribution in [-0.2, 0) is 0 Å². The van der Waals surface area contributed by atoms with Crippen LogP contribution in [0.25, 0.3) is 161 Å². The van der Waals surface area contributed by atoms with E-state index in [2.05, 4.69) is 275 Å². The minimum atomic E-state index is 0.595. The Hall–Kier alpha value is -12.7. The monoisotopic (exact) mass is 1160 g/mol. The van der Waals surface area contributed by atoms with E-state index in [-0.39, 0.29) is 0 Å². The molecule has 422 valence electrons. The molecular formula is C84H51N7. The number of benzene rings is 13. The maximum Gasteiger partial charge on any atom is 0.160 e. The van der Waals surface area contributed by atoms with Gasteiger partial charge in [0.2, 0.25) is 0 Å². The van der Waals surface area contributed by atoms with Crippen molar-refractivity contribution < 1.29 is 0 Å². The Labute approximate surface area is 524 Å². The Bertz CT molecular complexity index is 5380. The second-order valence-electron chi connectivity index (χ2n) is 23.1. The molecule has 0 spiro atoms. The van der Waals surface area contributed by atoms with Crippen LogP contribution in [0.2, 0.25) is 0 Å². The molecule has 7 heteroatoms. The van der Waals surface area contributed by atoms with Crippen LogP contribution in [0.3, 0.4) is 0 Å². The summed E-state index contributed by atoms with van der Waals surface area (Å²) in [5, 5.41) is 27.1. The Morgan fingerprint density at radius 2 is 0.593 bits per heavy atom. The molecular weight excluding hydrogens is 1110 g/mol. The van der Waals surface area contributed by atoms with Gasteiger partial charge < -0.3 is 13.7 Å². The summed E-state index contributed by atoms with van der Waals surface area (Å²) in [5.74, 6) is 0.629. The van der Waals surface area contributed by atoms with Crippen molar-refractivity contribution in [1.29, 1.82) is 10.5 Å². The smallest absolute Gasteiger partial charge is 0.160 e. The molecule has 0 aliphatic heterocycles. The Morgan fingerprint density at radius 3 is 1.02 bits per heavy atom. The van der Waals surface area contributed by atoms with E-state index in [0.29, 0.717) is 17.0 Å². The molecule has 0 saturated carbocycles.